The molecule has 0 bridgehead atoms. The van der Waals surface area contributed by atoms with Gasteiger partial charge in [0.05, 0.1) is 0 Å². The van der Waals surface area contributed by atoms with E-state index in [0.717, 1.165) is 33.4 Å². The molecule has 0 aliphatic rings. The molecule has 0 amide bonds. The molecule has 4 heteroatoms. The van der Waals surface area contributed by atoms with Crippen LogP contribution in [0.25, 0.3) is 55.8 Å². The van der Waals surface area contributed by atoms with Gasteiger partial charge in [-0.1, -0.05) is 115 Å². The Labute approximate surface area is 208 Å². The molecule has 35 heavy (non-hydrogen) atoms. The lowest BCUT2D eigenvalue weighted by Crippen LogP contribution is -1.99. The van der Waals surface area contributed by atoms with Crippen LogP contribution in [0.15, 0.2) is 121 Å². The van der Waals surface area contributed by atoms with Crippen LogP contribution < -0.4 is 0 Å². The van der Waals surface area contributed by atoms with E-state index in [0.29, 0.717) is 11.6 Å². The lowest BCUT2D eigenvalue weighted by molar-refractivity contribution is 1.07. The molecule has 1 aromatic heterocycles. The van der Waals surface area contributed by atoms with Crippen LogP contribution in [0.4, 0.5) is 0 Å². The zero-order chi connectivity index (χ0) is 23.6. The molecule has 0 aliphatic carbocycles. The Kier molecular flexibility index (Phi) is 5.53. The largest absolute Gasteiger partial charge is 0.226 e. The molecule has 0 aliphatic heterocycles. The number of hydrogen-bond donors (Lipinski definition) is 0. The lowest BCUT2D eigenvalue weighted by atomic mass is 9.96. The first kappa shape index (κ1) is 21.2. The van der Waals surface area contributed by atoms with E-state index in [9.17, 15) is 0 Å². The second kappa shape index (κ2) is 9.13. The third-order valence-electron chi connectivity index (χ3n) is 6.09. The molecule has 5 aromatic carbocycles. The van der Waals surface area contributed by atoms with Crippen molar-refractivity contribution >= 4 is 22.4 Å². The Morgan fingerprint density at radius 3 is 1.57 bits per heavy atom. The van der Waals surface area contributed by atoms with Gasteiger partial charge < -0.3 is 0 Å². The van der Waals surface area contributed by atoms with Crippen LogP contribution in [0.5, 0.6) is 0 Å². The van der Waals surface area contributed by atoms with Crippen molar-refractivity contribution in [3.63, 3.8) is 0 Å². The van der Waals surface area contributed by atoms with Crippen LogP contribution in [0.2, 0.25) is 5.28 Å². The maximum absolute atomic E-state index is 6.46. The minimum atomic E-state index is 0.168. The molecule has 0 N–H and O–H groups in total. The summed E-state index contributed by atoms with van der Waals surface area (Å²) in [5, 5.41) is 2.56. The molecule has 0 fully saturated rings. The normalized spacial score (nSPS) is 11.0. The highest BCUT2D eigenvalue weighted by molar-refractivity contribution is 6.28. The molecule has 1 heterocycles. The first-order valence-electron chi connectivity index (χ1n) is 11.4. The van der Waals surface area contributed by atoms with E-state index in [-0.39, 0.29) is 5.28 Å². The molecule has 0 atom stereocenters. The monoisotopic (exact) mass is 469 g/mol. The summed E-state index contributed by atoms with van der Waals surface area (Å²) in [6.45, 7) is 0. The molecule has 0 saturated carbocycles. The van der Waals surface area contributed by atoms with Crippen LogP contribution in [-0.4, -0.2) is 15.0 Å². The summed E-state index contributed by atoms with van der Waals surface area (Å²) >= 11 is 6.46. The summed E-state index contributed by atoms with van der Waals surface area (Å²) in [7, 11) is 0. The lowest BCUT2D eigenvalue weighted by Gasteiger charge is -2.12. The van der Waals surface area contributed by atoms with E-state index in [1.165, 1.54) is 10.8 Å². The number of hydrogen-bond acceptors (Lipinski definition) is 3. The Balaban J connectivity index is 1.50. The van der Waals surface area contributed by atoms with Crippen LogP contribution >= 0.6 is 11.6 Å². The van der Waals surface area contributed by atoms with Gasteiger partial charge in [-0.2, -0.15) is 9.97 Å². The van der Waals surface area contributed by atoms with E-state index >= 15 is 0 Å². The highest BCUT2D eigenvalue weighted by Crippen LogP contribution is 2.35. The van der Waals surface area contributed by atoms with Gasteiger partial charge in [0.2, 0.25) is 5.28 Å². The van der Waals surface area contributed by atoms with Gasteiger partial charge in [-0.15, -0.1) is 0 Å². The van der Waals surface area contributed by atoms with Crippen molar-refractivity contribution in [2.24, 2.45) is 0 Å². The quantitative estimate of drug-likeness (QED) is 0.260. The minimum Gasteiger partial charge on any atom is -0.208 e. The molecular weight excluding hydrogens is 450 g/mol. The molecule has 166 valence electrons. The summed E-state index contributed by atoms with van der Waals surface area (Å²) in [6.07, 6.45) is 0. The van der Waals surface area contributed by atoms with Gasteiger partial charge in [0.25, 0.3) is 0 Å². The average Bonchev–Trinajstić information content (AvgIpc) is 2.93. The van der Waals surface area contributed by atoms with Gasteiger partial charge in [-0.3, -0.25) is 0 Å². The second-order valence-corrected chi connectivity index (χ2v) is 8.61. The summed E-state index contributed by atoms with van der Waals surface area (Å²) < 4.78 is 0. The summed E-state index contributed by atoms with van der Waals surface area (Å²) in [5.74, 6) is 1.10. The second-order valence-electron chi connectivity index (χ2n) is 8.27. The predicted molar refractivity (Wildman–Crippen MR) is 144 cm³/mol. The number of nitrogens with zero attached hydrogens (tertiary/aromatic N) is 3. The number of halogens is 1. The average molecular weight is 470 g/mol. The van der Waals surface area contributed by atoms with E-state index in [4.69, 9.17) is 16.6 Å². The van der Waals surface area contributed by atoms with Crippen LogP contribution in [-0.2, 0) is 0 Å². The fourth-order valence-corrected chi connectivity index (χ4v) is 4.59. The fraction of sp³-hybridized carbons (Fsp3) is 0. The van der Waals surface area contributed by atoms with Crippen molar-refractivity contribution in [3.8, 4) is 45.0 Å². The van der Waals surface area contributed by atoms with Gasteiger partial charge in [0.15, 0.2) is 11.6 Å². The van der Waals surface area contributed by atoms with Crippen molar-refractivity contribution in [2.45, 2.75) is 0 Å². The third kappa shape index (κ3) is 4.18. The van der Waals surface area contributed by atoms with Crippen molar-refractivity contribution in [2.75, 3.05) is 0 Å². The zero-order valence-electron chi connectivity index (χ0n) is 18.8. The van der Waals surface area contributed by atoms with Crippen molar-refractivity contribution in [3.05, 3.63) is 127 Å². The highest BCUT2D eigenvalue weighted by atomic mass is 35.5. The number of rotatable bonds is 4. The maximum atomic E-state index is 6.46. The topological polar surface area (TPSA) is 38.7 Å². The molecule has 6 aromatic rings. The van der Waals surface area contributed by atoms with Gasteiger partial charge >= 0.3 is 0 Å². The molecule has 0 spiro atoms. The zero-order valence-corrected chi connectivity index (χ0v) is 19.5. The molecular formula is C31H20ClN3. The molecule has 6 rings (SSSR count). The number of benzene rings is 5. The molecule has 3 nitrogen and oxygen atoms in total. The smallest absolute Gasteiger partial charge is 0.208 e. The standard InChI is InChI=1S/C31H20ClN3/c32-31-34-29(27-16-8-6-14-25(27)22-11-2-1-3-12-22)33-30(35-31)28-17-9-7-15-26(28)24-19-18-21-10-4-5-13-23(21)20-24/h1-20H. The first-order chi connectivity index (χ1) is 17.3. The molecule has 0 saturated heterocycles. The Morgan fingerprint density at radius 2 is 0.914 bits per heavy atom. The van der Waals surface area contributed by atoms with Gasteiger partial charge in [0, 0.05) is 11.1 Å². The van der Waals surface area contributed by atoms with E-state index in [2.05, 4.69) is 76.7 Å². The van der Waals surface area contributed by atoms with Crippen molar-refractivity contribution in [1.82, 2.24) is 15.0 Å². The summed E-state index contributed by atoms with van der Waals surface area (Å²) in [6, 6.07) is 41.3. The Morgan fingerprint density at radius 1 is 0.400 bits per heavy atom. The predicted octanol–water partition coefficient (Wildman–Crippen LogP) is 8.35. The summed E-state index contributed by atoms with van der Waals surface area (Å²) in [5.41, 5.74) is 6.10. The van der Waals surface area contributed by atoms with Crippen LogP contribution in [0.3, 0.4) is 0 Å². The van der Waals surface area contributed by atoms with E-state index < -0.39 is 0 Å². The Hall–Kier alpha value is -4.34. The number of aromatic nitrogens is 3. The van der Waals surface area contributed by atoms with Gasteiger partial charge in [0.1, 0.15) is 0 Å². The van der Waals surface area contributed by atoms with Crippen LogP contribution in [0.1, 0.15) is 0 Å². The van der Waals surface area contributed by atoms with E-state index in [1.54, 1.807) is 0 Å². The van der Waals surface area contributed by atoms with Crippen LogP contribution in [0, 0.1) is 0 Å². The Bertz CT molecular complexity index is 1660. The molecule has 0 unspecified atom stereocenters. The van der Waals surface area contributed by atoms with Gasteiger partial charge in [-0.05, 0) is 50.7 Å². The first-order valence-corrected chi connectivity index (χ1v) is 11.8. The minimum absolute atomic E-state index is 0.168. The van der Waals surface area contributed by atoms with Crippen molar-refractivity contribution in [1.29, 1.82) is 0 Å². The third-order valence-corrected chi connectivity index (χ3v) is 6.26. The maximum Gasteiger partial charge on any atom is 0.226 e. The van der Waals surface area contributed by atoms with Crippen molar-refractivity contribution < 1.29 is 0 Å². The number of fused-ring (bicyclic) bond motifs is 1. The highest BCUT2D eigenvalue weighted by Gasteiger charge is 2.16. The fourth-order valence-electron chi connectivity index (χ4n) is 4.43. The van der Waals surface area contributed by atoms with Gasteiger partial charge in [-0.25, -0.2) is 4.98 Å². The molecule has 0 radical (unpaired) electrons. The summed E-state index contributed by atoms with van der Waals surface area (Å²) in [4.78, 5) is 13.9. The van der Waals surface area contributed by atoms with E-state index in [1.807, 2.05) is 54.6 Å². The SMILES string of the molecule is Clc1nc(-c2ccccc2-c2ccccc2)nc(-c2ccccc2-c2ccc3ccccc3c2)n1.